The molecule has 0 fully saturated rings. The average Bonchev–Trinajstić information content (AvgIpc) is 2.99. The SMILES string of the molecule is CCCCn1nnc(NC(=S)NC(=O)c2cccc(OC(C)C)c2)n1. The van der Waals surface area contributed by atoms with Gasteiger partial charge in [-0.05, 0) is 55.9 Å². The Bertz CT molecular complexity index is 731. The third-order valence-electron chi connectivity index (χ3n) is 3.08. The molecule has 2 aromatic rings. The summed E-state index contributed by atoms with van der Waals surface area (Å²) in [5.41, 5.74) is 0.446. The van der Waals surface area contributed by atoms with Crippen LogP contribution in [0.1, 0.15) is 44.0 Å². The molecule has 0 aliphatic heterocycles. The maximum absolute atomic E-state index is 12.3. The van der Waals surface area contributed by atoms with Crippen LogP contribution in [0.4, 0.5) is 5.95 Å². The number of hydrogen-bond donors (Lipinski definition) is 2. The van der Waals surface area contributed by atoms with Crippen molar-refractivity contribution in [3.63, 3.8) is 0 Å². The molecule has 0 spiro atoms. The second kappa shape index (κ2) is 9.07. The second-order valence-corrected chi connectivity index (χ2v) is 6.07. The van der Waals surface area contributed by atoms with Gasteiger partial charge in [0.1, 0.15) is 5.75 Å². The molecule has 0 saturated heterocycles. The third kappa shape index (κ3) is 6.11. The van der Waals surface area contributed by atoms with E-state index in [0.717, 1.165) is 12.8 Å². The molecule has 0 aliphatic carbocycles. The van der Waals surface area contributed by atoms with Crippen molar-refractivity contribution in [1.29, 1.82) is 0 Å². The smallest absolute Gasteiger partial charge is 0.269 e. The van der Waals surface area contributed by atoms with Gasteiger partial charge in [-0.15, -0.1) is 5.10 Å². The number of nitrogens with zero attached hydrogens (tertiary/aromatic N) is 4. The number of unbranched alkanes of at least 4 members (excludes halogenated alkanes) is 1. The van der Waals surface area contributed by atoms with E-state index in [4.69, 9.17) is 17.0 Å². The van der Waals surface area contributed by atoms with Crippen molar-refractivity contribution in [3.05, 3.63) is 29.8 Å². The van der Waals surface area contributed by atoms with Gasteiger partial charge in [-0.25, -0.2) is 0 Å². The lowest BCUT2D eigenvalue weighted by Crippen LogP contribution is -2.34. The molecule has 0 bridgehead atoms. The molecule has 1 aromatic carbocycles. The number of ether oxygens (including phenoxy) is 1. The van der Waals surface area contributed by atoms with Crippen molar-refractivity contribution in [2.75, 3.05) is 5.32 Å². The highest BCUT2D eigenvalue weighted by atomic mass is 32.1. The molecule has 25 heavy (non-hydrogen) atoms. The number of hydrogen-bond acceptors (Lipinski definition) is 6. The van der Waals surface area contributed by atoms with Crippen LogP contribution in [-0.4, -0.2) is 37.3 Å². The number of aromatic nitrogens is 4. The van der Waals surface area contributed by atoms with Crippen LogP contribution in [0, 0.1) is 0 Å². The van der Waals surface area contributed by atoms with Crippen LogP contribution >= 0.6 is 12.2 Å². The zero-order chi connectivity index (χ0) is 18.2. The van der Waals surface area contributed by atoms with Crippen LogP contribution in [0.25, 0.3) is 0 Å². The van der Waals surface area contributed by atoms with Crippen LogP contribution in [0.5, 0.6) is 5.75 Å². The Hall–Kier alpha value is -2.55. The molecule has 1 heterocycles. The summed E-state index contributed by atoms with van der Waals surface area (Å²) in [6.07, 6.45) is 2.03. The summed E-state index contributed by atoms with van der Waals surface area (Å²) in [4.78, 5) is 13.8. The van der Waals surface area contributed by atoms with Crippen LogP contribution in [0.15, 0.2) is 24.3 Å². The quantitative estimate of drug-likeness (QED) is 0.730. The average molecular weight is 362 g/mol. The Labute approximate surface area is 151 Å². The number of rotatable bonds is 7. The van der Waals surface area contributed by atoms with E-state index in [9.17, 15) is 4.79 Å². The summed E-state index contributed by atoms with van der Waals surface area (Å²) in [6.45, 7) is 6.62. The number of carbonyl (C=O) groups is 1. The maximum atomic E-state index is 12.3. The number of tetrazole rings is 1. The van der Waals surface area contributed by atoms with Crippen LogP contribution < -0.4 is 15.4 Å². The highest BCUT2D eigenvalue weighted by molar-refractivity contribution is 7.80. The Balaban J connectivity index is 1.91. The molecule has 2 N–H and O–H groups in total. The Morgan fingerprint density at radius 3 is 2.92 bits per heavy atom. The highest BCUT2D eigenvalue weighted by Crippen LogP contribution is 2.14. The van der Waals surface area contributed by atoms with E-state index in [1.165, 1.54) is 4.80 Å². The summed E-state index contributed by atoms with van der Waals surface area (Å²) in [5.74, 6) is 0.533. The van der Waals surface area contributed by atoms with Gasteiger partial charge in [-0.3, -0.25) is 15.4 Å². The van der Waals surface area contributed by atoms with E-state index in [-0.39, 0.29) is 23.1 Å². The van der Waals surface area contributed by atoms with Gasteiger partial charge in [-0.2, -0.15) is 4.80 Å². The number of nitrogens with one attached hydrogen (secondary N) is 2. The summed E-state index contributed by atoms with van der Waals surface area (Å²) < 4.78 is 5.58. The Morgan fingerprint density at radius 2 is 2.20 bits per heavy atom. The molecule has 1 aromatic heterocycles. The van der Waals surface area contributed by atoms with Gasteiger partial charge in [0.05, 0.1) is 12.6 Å². The summed E-state index contributed by atoms with van der Waals surface area (Å²) in [5, 5.41) is 17.3. The number of thiocarbonyl (C=S) groups is 1. The van der Waals surface area contributed by atoms with Crippen molar-refractivity contribution in [1.82, 2.24) is 25.5 Å². The van der Waals surface area contributed by atoms with E-state index in [1.807, 2.05) is 13.8 Å². The predicted molar refractivity (Wildman–Crippen MR) is 98.6 cm³/mol. The van der Waals surface area contributed by atoms with Gasteiger partial charge in [0, 0.05) is 5.56 Å². The number of anilines is 1. The minimum Gasteiger partial charge on any atom is -0.491 e. The number of carbonyl (C=O) groups excluding carboxylic acids is 1. The van der Waals surface area contributed by atoms with Gasteiger partial charge >= 0.3 is 0 Å². The lowest BCUT2D eigenvalue weighted by atomic mass is 10.2. The molecule has 0 radical (unpaired) electrons. The number of benzene rings is 1. The zero-order valence-electron chi connectivity index (χ0n) is 14.5. The fraction of sp³-hybridized carbons (Fsp3) is 0.438. The summed E-state index contributed by atoms with van der Waals surface area (Å²) >= 11 is 5.12. The van der Waals surface area contributed by atoms with Crippen molar-refractivity contribution in [3.8, 4) is 5.75 Å². The second-order valence-electron chi connectivity index (χ2n) is 5.67. The molecule has 0 saturated carbocycles. The molecule has 8 nitrogen and oxygen atoms in total. The third-order valence-corrected chi connectivity index (χ3v) is 3.29. The Morgan fingerprint density at radius 1 is 1.40 bits per heavy atom. The molecule has 134 valence electrons. The zero-order valence-corrected chi connectivity index (χ0v) is 15.3. The molecular formula is C16H22N6O2S. The molecular weight excluding hydrogens is 340 g/mol. The van der Waals surface area contributed by atoms with Gasteiger partial charge in [-0.1, -0.05) is 24.5 Å². The molecule has 2 rings (SSSR count). The fourth-order valence-electron chi connectivity index (χ4n) is 1.98. The van der Waals surface area contributed by atoms with Crippen LogP contribution in [0.2, 0.25) is 0 Å². The number of aryl methyl sites for hydroxylation is 1. The van der Waals surface area contributed by atoms with E-state index < -0.39 is 0 Å². The molecule has 0 atom stereocenters. The molecule has 0 unspecified atom stereocenters. The Kier molecular flexibility index (Phi) is 6.81. The van der Waals surface area contributed by atoms with Crippen molar-refractivity contribution in [2.24, 2.45) is 0 Å². The van der Waals surface area contributed by atoms with Crippen molar-refractivity contribution < 1.29 is 9.53 Å². The van der Waals surface area contributed by atoms with Crippen molar-refractivity contribution in [2.45, 2.75) is 46.3 Å². The molecule has 1 amide bonds. The van der Waals surface area contributed by atoms with Crippen LogP contribution in [-0.2, 0) is 6.54 Å². The van der Waals surface area contributed by atoms with E-state index in [2.05, 4.69) is 33.0 Å². The predicted octanol–water partition coefficient (Wildman–Crippen LogP) is 2.39. The van der Waals surface area contributed by atoms with Crippen LogP contribution in [0.3, 0.4) is 0 Å². The minimum atomic E-state index is -0.343. The lowest BCUT2D eigenvalue weighted by molar-refractivity contribution is 0.0977. The maximum Gasteiger partial charge on any atom is 0.269 e. The lowest BCUT2D eigenvalue weighted by Gasteiger charge is -2.11. The first-order valence-corrected chi connectivity index (χ1v) is 8.55. The van der Waals surface area contributed by atoms with Crippen molar-refractivity contribution >= 4 is 29.2 Å². The summed E-state index contributed by atoms with van der Waals surface area (Å²) in [6, 6.07) is 6.90. The fourth-order valence-corrected chi connectivity index (χ4v) is 2.16. The first-order valence-electron chi connectivity index (χ1n) is 8.14. The molecule has 0 aliphatic rings. The van der Waals surface area contributed by atoms with E-state index in [1.54, 1.807) is 24.3 Å². The van der Waals surface area contributed by atoms with E-state index in [0.29, 0.717) is 17.9 Å². The standard InChI is InChI=1S/C16H22N6O2S/c1-4-5-9-22-20-15(19-21-22)18-16(25)17-14(23)12-7-6-8-13(10-12)24-11(2)3/h6-8,10-11H,4-5,9H2,1-3H3,(H2,17,18,20,23,25). The van der Waals surface area contributed by atoms with E-state index >= 15 is 0 Å². The number of amides is 1. The molecule has 9 heteroatoms. The largest absolute Gasteiger partial charge is 0.491 e. The van der Waals surface area contributed by atoms with Gasteiger partial charge < -0.3 is 4.74 Å². The van der Waals surface area contributed by atoms with Gasteiger partial charge in [0.25, 0.3) is 11.9 Å². The van der Waals surface area contributed by atoms with Gasteiger partial charge in [0.2, 0.25) is 0 Å². The first kappa shape index (κ1) is 18.8. The first-order chi connectivity index (χ1) is 12.0. The minimum absolute atomic E-state index is 0.0300. The topological polar surface area (TPSA) is 94.0 Å². The highest BCUT2D eigenvalue weighted by Gasteiger charge is 2.11. The normalized spacial score (nSPS) is 10.6. The monoisotopic (exact) mass is 362 g/mol. The van der Waals surface area contributed by atoms with Gasteiger partial charge in [0.15, 0.2) is 5.11 Å². The summed E-state index contributed by atoms with van der Waals surface area (Å²) in [7, 11) is 0.